The zero-order valence-corrected chi connectivity index (χ0v) is 13.6. The molecule has 2 aliphatic rings. The Hall–Kier alpha value is -0.650. The Morgan fingerprint density at radius 1 is 1.14 bits per heavy atom. The molecule has 0 aromatic carbocycles. The molecule has 3 rings (SSSR count). The monoisotopic (exact) mass is 314 g/mol. The van der Waals surface area contributed by atoms with Crippen molar-refractivity contribution in [2.45, 2.75) is 77.0 Å². The molecule has 2 aliphatic carbocycles. The third kappa shape index (κ3) is 4.18. The molecule has 0 saturated heterocycles. The summed E-state index contributed by atoms with van der Waals surface area (Å²) >= 11 is 0. The summed E-state index contributed by atoms with van der Waals surface area (Å²) < 4.78 is 5.12. The van der Waals surface area contributed by atoms with E-state index in [2.05, 4.69) is 22.0 Å². The molecule has 0 aliphatic heterocycles. The zero-order valence-electron chi connectivity index (χ0n) is 12.8. The summed E-state index contributed by atoms with van der Waals surface area (Å²) in [7, 11) is 0. The topological polar surface area (TPSA) is 68.2 Å². The number of nitrogens with zero attached hydrogens (tertiary/aromatic N) is 3. The van der Waals surface area contributed by atoms with Crippen molar-refractivity contribution in [2.75, 3.05) is 0 Å². The van der Waals surface area contributed by atoms with E-state index in [1.807, 2.05) is 0 Å². The third-order valence-corrected chi connectivity index (χ3v) is 4.89. The van der Waals surface area contributed by atoms with E-state index in [1.54, 1.807) is 0 Å². The molecule has 2 saturated carbocycles. The van der Waals surface area contributed by atoms with Crippen molar-refractivity contribution >= 4 is 12.4 Å². The van der Waals surface area contributed by atoms with Crippen molar-refractivity contribution in [2.24, 2.45) is 11.7 Å². The summed E-state index contributed by atoms with van der Waals surface area (Å²) in [6.07, 6.45) is 9.41. The van der Waals surface area contributed by atoms with Gasteiger partial charge >= 0.3 is 0 Å². The Balaban J connectivity index is 0.00000161. The lowest BCUT2D eigenvalue weighted by atomic mass is 9.84. The number of halogens is 1. The lowest BCUT2D eigenvalue weighted by Crippen LogP contribution is -2.39. The normalized spacial score (nSPS) is 25.9. The van der Waals surface area contributed by atoms with Gasteiger partial charge in [0.15, 0.2) is 5.82 Å². The maximum absolute atomic E-state index is 5.53. The molecular weight excluding hydrogens is 288 g/mol. The van der Waals surface area contributed by atoms with E-state index in [-0.39, 0.29) is 12.4 Å². The van der Waals surface area contributed by atoms with Crippen LogP contribution < -0.4 is 5.73 Å². The molecule has 0 amide bonds. The number of nitrogens with two attached hydrogens (primary N) is 1. The van der Waals surface area contributed by atoms with Crippen LogP contribution >= 0.6 is 12.4 Å². The molecule has 21 heavy (non-hydrogen) atoms. The van der Waals surface area contributed by atoms with Gasteiger partial charge in [0.1, 0.15) is 0 Å². The molecule has 6 heteroatoms. The lowest BCUT2D eigenvalue weighted by molar-refractivity contribution is 0.116. The van der Waals surface area contributed by atoms with E-state index >= 15 is 0 Å². The van der Waals surface area contributed by atoms with Gasteiger partial charge in [-0.05, 0) is 44.4 Å². The quantitative estimate of drug-likeness (QED) is 0.874. The third-order valence-electron chi connectivity index (χ3n) is 4.89. The molecule has 5 nitrogen and oxygen atoms in total. The summed E-state index contributed by atoms with van der Waals surface area (Å²) in [5, 5.41) is 4.06. The van der Waals surface area contributed by atoms with Crippen LogP contribution in [0.3, 0.4) is 0 Å². The fourth-order valence-corrected chi connectivity index (χ4v) is 3.45. The van der Waals surface area contributed by atoms with Gasteiger partial charge in [0, 0.05) is 12.1 Å². The molecule has 0 radical (unpaired) electrons. The van der Waals surface area contributed by atoms with Gasteiger partial charge in [-0.1, -0.05) is 18.5 Å². The van der Waals surface area contributed by atoms with Crippen LogP contribution in [0, 0.1) is 5.92 Å². The second kappa shape index (κ2) is 7.56. The van der Waals surface area contributed by atoms with Crippen molar-refractivity contribution in [1.29, 1.82) is 0 Å². The van der Waals surface area contributed by atoms with E-state index in [0.29, 0.717) is 18.5 Å². The Labute approximate surface area is 133 Å². The number of rotatable bonds is 6. The van der Waals surface area contributed by atoms with Gasteiger partial charge in [-0.25, -0.2) is 0 Å². The van der Waals surface area contributed by atoms with E-state index in [0.717, 1.165) is 24.3 Å². The van der Waals surface area contributed by atoms with Crippen molar-refractivity contribution < 1.29 is 4.52 Å². The highest BCUT2D eigenvalue weighted by Gasteiger charge is 2.36. The summed E-state index contributed by atoms with van der Waals surface area (Å²) in [4.78, 5) is 6.98. The fourth-order valence-electron chi connectivity index (χ4n) is 3.45. The van der Waals surface area contributed by atoms with Crippen LogP contribution in [-0.2, 0) is 13.1 Å². The van der Waals surface area contributed by atoms with Crippen LogP contribution in [0.15, 0.2) is 4.52 Å². The first-order valence-electron chi connectivity index (χ1n) is 8.07. The molecule has 1 aromatic heterocycles. The molecule has 0 unspecified atom stereocenters. The van der Waals surface area contributed by atoms with Gasteiger partial charge in [-0.3, -0.25) is 4.90 Å². The Morgan fingerprint density at radius 3 is 2.24 bits per heavy atom. The van der Waals surface area contributed by atoms with Gasteiger partial charge in [-0.2, -0.15) is 4.98 Å². The number of hydrogen-bond acceptors (Lipinski definition) is 5. The Morgan fingerprint density at radius 2 is 1.76 bits per heavy atom. The van der Waals surface area contributed by atoms with Gasteiger partial charge in [-0.15, -0.1) is 12.4 Å². The smallest absolute Gasteiger partial charge is 0.240 e. The highest BCUT2D eigenvalue weighted by molar-refractivity contribution is 5.85. The van der Waals surface area contributed by atoms with Crippen molar-refractivity contribution in [3.05, 3.63) is 11.7 Å². The van der Waals surface area contributed by atoms with Gasteiger partial charge in [0.25, 0.3) is 0 Å². The SMILES string of the molecule is CCC1CCC(N(Cc2noc(CN)n2)C2CC2)CC1.Cl. The molecule has 0 spiro atoms. The van der Waals surface area contributed by atoms with Crippen LogP contribution in [0.4, 0.5) is 0 Å². The highest BCUT2D eigenvalue weighted by Crippen LogP contribution is 2.36. The zero-order chi connectivity index (χ0) is 13.9. The van der Waals surface area contributed by atoms with Crippen molar-refractivity contribution in [3.8, 4) is 0 Å². The van der Waals surface area contributed by atoms with E-state index < -0.39 is 0 Å². The predicted octanol–water partition coefficient (Wildman–Crippen LogP) is 2.88. The molecule has 0 atom stereocenters. The largest absolute Gasteiger partial charge is 0.338 e. The van der Waals surface area contributed by atoms with Crippen molar-refractivity contribution in [1.82, 2.24) is 15.0 Å². The standard InChI is InChI=1S/C15H26N4O.ClH/c1-2-11-3-5-12(6-4-11)19(13-7-8-13)10-14-17-15(9-16)20-18-14;/h11-13H,2-10,16H2,1H3;1H. The molecular formula is C15H27ClN4O. The second-order valence-corrected chi connectivity index (χ2v) is 6.29. The van der Waals surface area contributed by atoms with E-state index in [9.17, 15) is 0 Å². The molecule has 120 valence electrons. The van der Waals surface area contributed by atoms with Crippen molar-refractivity contribution in [3.63, 3.8) is 0 Å². The maximum atomic E-state index is 5.53. The van der Waals surface area contributed by atoms with Gasteiger partial charge in [0.05, 0.1) is 13.1 Å². The summed E-state index contributed by atoms with van der Waals surface area (Å²) in [6.45, 7) is 3.48. The second-order valence-electron chi connectivity index (χ2n) is 6.29. The van der Waals surface area contributed by atoms with Crippen LogP contribution in [0.25, 0.3) is 0 Å². The van der Waals surface area contributed by atoms with Crippen LogP contribution in [-0.4, -0.2) is 27.1 Å². The highest BCUT2D eigenvalue weighted by atomic mass is 35.5. The molecule has 2 N–H and O–H groups in total. The molecule has 2 fully saturated rings. The number of hydrogen-bond donors (Lipinski definition) is 1. The summed E-state index contributed by atoms with van der Waals surface area (Å²) in [5.74, 6) is 2.29. The van der Waals surface area contributed by atoms with E-state index in [4.69, 9.17) is 10.3 Å². The first-order valence-corrected chi connectivity index (χ1v) is 8.07. The van der Waals surface area contributed by atoms with Crippen LogP contribution in [0.5, 0.6) is 0 Å². The summed E-state index contributed by atoms with van der Waals surface area (Å²) in [6, 6.07) is 1.46. The first-order chi connectivity index (χ1) is 9.80. The molecule has 0 bridgehead atoms. The van der Waals surface area contributed by atoms with Crippen LogP contribution in [0.1, 0.15) is 63.6 Å². The lowest BCUT2D eigenvalue weighted by Gasteiger charge is -2.36. The predicted molar refractivity (Wildman–Crippen MR) is 84.0 cm³/mol. The summed E-state index contributed by atoms with van der Waals surface area (Å²) in [5.41, 5.74) is 5.53. The molecule has 1 heterocycles. The number of aromatic nitrogens is 2. The van der Waals surface area contributed by atoms with Gasteiger partial charge in [0.2, 0.25) is 5.89 Å². The minimum absolute atomic E-state index is 0. The molecule has 1 aromatic rings. The minimum Gasteiger partial charge on any atom is -0.338 e. The Bertz CT molecular complexity index is 427. The average Bonchev–Trinajstić information content (AvgIpc) is 3.24. The minimum atomic E-state index is 0. The van der Waals surface area contributed by atoms with E-state index in [1.165, 1.54) is 44.9 Å². The maximum Gasteiger partial charge on any atom is 0.240 e. The van der Waals surface area contributed by atoms with Crippen LogP contribution in [0.2, 0.25) is 0 Å². The van der Waals surface area contributed by atoms with Gasteiger partial charge < -0.3 is 10.3 Å². The average molecular weight is 315 g/mol. The Kier molecular flexibility index (Phi) is 6.02. The fraction of sp³-hybridized carbons (Fsp3) is 0.867. The first kappa shape index (κ1) is 16.7.